The first kappa shape index (κ1) is 18.5. The molecule has 0 aliphatic rings. The third-order valence-corrected chi connectivity index (χ3v) is 7.24. The maximum absolute atomic E-state index is 12.4. The molecule has 1 unspecified atom stereocenters. The van der Waals surface area contributed by atoms with Gasteiger partial charge < -0.3 is 4.52 Å². The van der Waals surface area contributed by atoms with Gasteiger partial charge in [-0.05, 0) is 13.8 Å². The molecule has 0 fully saturated rings. The van der Waals surface area contributed by atoms with Crippen LogP contribution < -0.4 is 0 Å². The van der Waals surface area contributed by atoms with Crippen LogP contribution in [0.4, 0.5) is 0 Å². The van der Waals surface area contributed by atoms with Crippen LogP contribution in [0, 0.1) is 0 Å². The van der Waals surface area contributed by atoms with Crippen molar-refractivity contribution in [3.05, 3.63) is 0 Å². The van der Waals surface area contributed by atoms with Crippen LogP contribution >= 0.6 is 16.2 Å². The van der Waals surface area contributed by atoms with E-state index in [2.05, 4.69) is 4.67 Å². The lowest BCUT2D eigenvalue weighted by atomic mass is 10.5. The molecule has 0 rings (SSSR count). The molecule has 0 aliphatic carbocycles. The van der Waals surface area contributed by atoms with Crippen molar-refractivity contribution in [3.8, 4) is 0 Å². The number of nitrogens with zero attached hydrogens (tertiary/aromatic N) is 2. The summed E-state index contributed by atoms with van der Waals surface area (Å²) in [6, 6.07) is 0. The van der Waals surface area contributed by atoms with Gasteiger partial charge in [0.05, 0.1) is 6.10 Å². The summed E-state index contributed by atoms with van der Waals surface area (Å²) >= 11 is 0. The smallest absolute Gasteiger partial charge is 0.328 e. The van der Waals surface area contributed by atoms with Crippen LogP contribution in [0.15, 0.2) is 0 Å². The lowest BCUT2D eigenvalue weighted by molar-refractivity contribution is 0.207. The van der Waals surface area contributed by atoms with Crippen molar-refractivity contribution >= 4 is 16.2 Å². The Morgan fingerprint density at radius 3 is 1.89 bits per heavy atom. The molecule has 18 heavy (non-hydrogen) atoms. The van der Waals surface area contributed by atoms with E-state index in [1.165, 1.54) is 14.2 Å². The van der Waals surface area contributed by atoms with Gasteiger partial charge in [0.2, 0.25) is 0 Å². The molecular weight excluding hydrogens is 274 g/mol. The van der Waals surface area contributed by atoms with E-state index in [0.717, 1.165) is 13.1 Å². The predicted molar refractivity (Wildman–Crippen MR) is 75.4 cm³/mol. The Labute approximate surface area is 112 Å². The average Bonchev–Trinajstić information content (AvgIpc) is 2.36. The van der Waals surface area contributed by atoms with Crippen molar-refractivity contribution in [3.63, 3.8) is 0 Å². The summed E-state index contributed by atoms with van der Waals surface area (Å²) in [5.74, 6) is 0. The van der Waals surface area contributed by atoms with Crippen molar-refractivity contribution in [2.75, 3.05) is 34.4 Å². The van der Waals surface area contributed by atoms with Crippen LogP contribution in [0.2, 0.25) is 0 Å². The zero-order chi connectivity index (χ0) is 14.3. The minimum absolute atomic E-state index is 0.0429. The maximum Gasteiger partial charge on any atom is 0.413 e. The molecule has 6 nitrogen and oxygen atoms in total. The molecule has 0 spiro atoms. The molecule has 0 N–H and O–H groups in total. The quantitative estimate of drug-likeness (QED) is 0.609. The Balaban J connectivity index is 5.11. The fourth-order valence-electron chi connectivity index (χ4n) is 1.38. The number of rotatable bonds is 9. The van der Waals surface area contributed by atoms with Crippen molar-refractivity contribution in [2.24, 2.45) is 0 Å². The average molecular weight is 300 g/mol. The molecule has 0 aliphatic heterocycles. The molecule has 0 heterocycles. The van der Waals surface area contributed by atoms with Crippen LogP contribution in [0.5, 0.6) is 0 Å². The number of hydrogen-bond donors (Lipinski definition) is 0. The van der Waals surface area contributed by atoms with Crippen molar-refractivity contribution in [1.29, 1.82) is 0 Å². The molecule has 0 amide bonds. The maximum atomic E-state index is 12.4. The summed E-state index contributed by atoms with van der Waals surface area (Å²) in [6.45, 7) is 9.62. The van der Waals surface area contributed by atoms with E-state index in [-0.39, 0.29) is 6.10 Å². The predicted octanol–water partition coefficient (Wildman–Crippen LogP) is 3.31. The lowest BCUT2D eigenvalue weighted by Gasteiger charge is -2.37. The van der Waals surface area contributed by atoms with E-state index in [4.69, 9.17) is 13.6 Å². The van der Waals surface area contributed by atoms with Crippen LogP contribution in [0.1, 0.15) is 27.7 Å². The summed E-state index contributed by atoms with van der Waals surface area (Å²) in [5.41, 5.74) is 0. The highest BCUT2D eigenvalue weighted by atomic mass is 31.2. The Morgan fingerprint density at radius 1 is 1.17 bits per heavy atom. The highest BCUT2D eigenvalue weighted by Gasteiger charge is 2.38. The monoisotopic (exact) mass is 300 g/mol. The van der Waals surface area contributed by atoms with Crippen LogP contribution in [-0.2, 0) is 18.1 Å². The van der Waals surface area contributed by atoms with Gasteiger partial charge in [0, 0.05) is 34.4 Å². The van der Waals surface area contributed by atoms with Gasteiger partial charge >= 0.3 is 7.75 Å². The van der Waals surface area contributed by atoms with Crippen LogP contribution in [0.25, 0.3) is 0 Å². The van der Waals surface area contributed by atoms with E-state index in [1.807, 2.05) is 27.7 Å². The van der Waals surface area contributed by atoms with Gasteiger partial charge in [0.1, 0.15) is 0 Å². The normalized spacial score (nSPS) is 14.8. The fraction of sp³-hybridized carbons (Fsp3) is 1.00. The Bertz CT molecular complexity index is 267. The third-order valence-electron chi connectivity index (χ3n) is 2.34. The summed E-state index contributed by atoms with van der Waals surface area (Å²) < 4.78 is 32.0. The molecule has 110 valence electrons. The summed E-state index contributed by atoms with van der Waals surface area (Å²) in [5, 5.41) is 0. The molecule has 0 bridgehead atoms. The molecule has 1 atom stereocenters. The topological polar surface area (TPSA) is 51.2 Å². The van der Waals surface area contributed by atoms with Gasteiger partial charge in [-0.25, -0.2) is 9.24 Å². The molecule has 0 saturated carbocycles. The van der Waals surface area contributed by atoms with Gasteiger partial charge in [0.25, 0.3) is 0 Å². The van der Waals surface area contributed by atoms with E-state index >= 15 is 0 Å². The van der Waals surface area contributed by atoms with Gasteiger partial charge in [-0.1, -0.05) is 13.8 Å². The van der Waals surface area contributed by atoms with Gasteiger partial charge in [-0.2, -0.15) is 4.44 Å². The van der Waals surface area contributed by atoms with Crippen LogP contribution in [0.3, 0.4) is 0 Å². The van der Waals surface area contributed by atoms with Crippen molar-refractivity contribution in [2.45, 2.75) is 33.8 Å². The summed E-state index contributed by atoms with van der Waals surface area (Å²) in [4.78, 5) is 0. The SMILES string of the molecule is CCN(CC)P(OC(C)C)N(C)P(=O)(OC)OC. The zero-order valence-corrected chi connectivity index (χ0v) is 14.2. The Kier molecular flexibility index (Phi) is 8.81. The van der Waals surface area contributed by atoms with Gasteiger partial charge in [-0.15, -0.1) is 0 Å². The summed E-state index contributed by atoms with van der Waals surface area (Å²) in [7, 11) is 0.0299. The minimum Gasteiger partial charge on any atom is -0.328 e. The van der Waals surface area contributed by atoms with Crippen molar-refractivity contribution in [1.82, 2.24) is 9.11 Å². The first-order valence-corrected chi connectivity index (χ1v) is 8.69. The van der Waals surface area contributed by atoms with Crippen molar-refractivity contribution < 1.29 is 18.1 Å². The molecule has 0 aromatic heterocycles. The second-order valence-electron chi connectivity index (χ2n) is 3.87. The molecule has 0 aromatic carbocycles. The Hall–Kier alpha value is 0.460. The fourth-order valence-corrected chi connectivity index (χ4v) is 5.15. The molecule has 0 saturated heterocycles. The highest BCUT2D eigenvalue weighted by molar-refractivity contribution is 7.65. The van der Waals surface area contributed by atoms with Gasteiger partial charge in [-0.3, -0.25) is 9.05 Å². The third kappa shape index (κ3) is 4.86. The molecular formula is C10H26N2O4P2. The van der Waals surface area contributed by atoms with E-state index in [0.29, 0.717) is 0 Å². The lowest BCUT2D eigenvalue weighted by Crippen LogP contribution is -2.28. The zero-order valence-electron chi connectivity index (χ0n) is 12.4. The summed E-state index contributed by atoms with van der Waals surface area (Å²) in [6.07, 6.45) is 0.0429. The van der Waals surface area contributed by atoms with E-state index < -0.39 is 16.2 Å². The van der Waals surface area contributed by atoms with E-state index in [9.17, 15) is 4.57 Å². The second-order valence-corrected chi connectivity index (χ2v) is 8.33. The standard InChI is InChI=1S/C10H26N2O4P2/c1-8-12(9-2)17(16-10(3)4)11(5)18(13,14-6)15-7/h10H,8-9H2,1-7H3. The van der Waals surface area contributed by atoms with E-state index in [1.54, 1.807) is 11.5 Å². The highest BCUT2D eigenvalue weighted by Crippen LogP contribution is 2.63. The molecule has 0 aromatic rings. The second kappa shape index (κ2) is 8.60. The Morgan fingerprint density at radius 2 is 1.61 bits per heavy atom. The van der Waals surface area contributed by atoms with Gasteiger partial charge in [0.15, 0.2) is 8.45 Å². The molecule has 8 heteroatoms. The number of hydrogen-bond acceptors (Lipinski definition) is 5. The first-order chi connectivity index (χ1) is 8.36. The van der Waals surface area contributed by atoms with Crippen LogP contribution in [-0.4, -0.2) is 49.6 Å². The largest absolute Gasteiger partial charge is 0.413 e. The molecule has 0 radical (unpaired) electrons. The minimum atomic E-state index is -3.27. The first-order valence-electron chi connectivity index (χ1n) is 6.03.